The number of nitrogens with zero attached hydrogens (tertiary/aromatic N) is 1. The van der Waals surface area contributed by atoms with E-state index in [4.69, 9.17) is 34.8 Å². The van der Waals surface area contributed by atoms with Crippen LogP contribution in [0.4, 0.5) is 5.69 Å². The summed E-state index contributed by atoms with van der Waals surface area (Å²) in [5.74, 6) is 0. The normalized spacial score (nSPS) is 11.7. The molecule has 1 aromatic heterocycles. The zero-order valence-corrected chi connectivity index (χ0v) is 16.4. The van der Waals surface area contributed by atoms with Gasteiger partial charge in [0, 0.05) is 40.4 Å². The Morgan fingerprint density at radius 3 is 2.46 bits per heavy atom. The Balaban J connectivity index is 1.67. The minimum atomic E-state index is -3.75. The molecule has 2 N–H and O–H groups in total. The highest BCUT2D eigenvalue weighted by Crippen LogP contribution is 2.25. The van der Waals surface area contributed by atoms with Crippen LogP contribution in [0.25, 0.3) is 10.9 Å². The van der Waals surface area contributed by atoms with Gasteiger partial charge in [0.05, 0.1) is 10.5 Å². The van der Waals surface area contributed by atoms with Crippen molar-refractivity contribution in [2.24, 2.45) is 0 Å². The lowest BCUT2D eigenvalue weighted by Gasteiger charge is -2.11. The summed E-state index contributed by atoms with van der Waals surface area (Å²) in [6.45, 7) is 0.543. The van der Waals surface area contributed by atoms with Crippen LogP contribution in [0, 0.1) is 0 Å². The Morgan fingerprint density at radius 1 is 0.923 bits per heavy atom. The summed E-state index contributed by atoms with van der Waals surface area (Å²) in [4.78, 5) is 4.22. The van der Waals surface area contributed by atoms with Crippen molar-refractivity contribution in [1.82, 2.24) is 9.71 Å². The van der Waals surface area contributed by atoms with E-state index < -0.39 is 10.0 Å². The SMILES string of the molecule is O=S(=O)(NCCNc1ccnc2cc(Cl)ccc12)c1cc(Cl)ccc1Cl. The van der Waals surface area contributed by atoms with E-state index in [0.717, 1.165) is 16.6 Å². The van der Waals surface area contributed by atoms with Crippen molar-refractivity contribution in [3.63, 3.8) is 0 Å². The van der Waals surface area contributed by atoms with Gasteiger partial charge in [0.25, 0.3) is 0 Å². The van der Waals surface area contributed by atoms with Crippen molar-refractivity contribution < 1.29 is 8.42 Å². The first-order valence-corrected chi connectivity index (χ1v) is 10.2. The molecule has 3 aromatic rings. The molecular formula is C17H14Cl3N3O2S. The van der Waals surface area contributed by atoms with Crippen LogP contribution in [0.15, 0.2) is 53.6 Å². The van der Waals surface area contributed by atoms with Gasteiger partial charge in [-0.15, -0.1) is 0 Å². The third kappa shape index (κ3) is 4.39. The Bertz CT molecular complexity index is 1060. The first kappa shape index (κ1) is 19.2. The quantitative estimate of drug-likeness (QED) is 0.561. The lowest BCUT2D eigenvalue weighted by Crippen LogP contribution is -2.29. The molecule has 26 heavy (non-hydrogen) atoms. The van der Waals surface area contributed by atoms with Crippen molar-refractivity contribution in [3.8, 4) is 0 Å². The maximum atomic E-state index is 12.4. The standard InChI is InChI=1S/C17H14Cl3N3O2S/c18-11-1-3-13-15(5-6-21-16(13)9-11)22-7-8-23-26(24,25)17-10-12(19)2-4-14(17)20/h1-6,9-10,23H,7-8H2,(H,21,22). The molecule has 0 amide bonds. The van der Waals surface area contributed by atoms with Gasteiger partial charge in [-0.2, -0.15) is 0 Å². The fourth-order valence-electron chi connectivity index (χ4n) is 2.42. The molecule has 9 heteroatoms. The van der Waals surface area contributed by atoms with Gasteiger partial charge < -0.3 is 5.32 Å². The first-order valence-electron chi connectivity index (χ1n) is 7.60. The van der Waals surface area contributed by atoms with Crippen molar-refractivity contribution in [2.75, 3.05) is 18.4 Å². The monoisotopic (exact) mass is 429 g/mol. The topological polar surface area (TPSA) is 71.1 Å². The van der Waals surface area contributed by atoms with Crippen molar-refractivity contribution in [2.45, 2.75) is 4.90 Å². The molecule has 3 rings (SSSR count). The maximum absolute atomic E-state index is 12.4. The Morgan fingerprint density at radius 2 is 1.65 bits per heavy atom. The van der Waals surface area contributed by atoms with E-state index in [-0.39, 0.29) is 16.5 Å². The molecule has 1 heterocycles. The number of pyridine rings is 1. The van der Waals surface area contributed by atoms with E-state index in [2.05, 4.69) is 15.0 Å². The predicted molar refractivity (Wildman–Crippen MR) is 107 cm³/mol. The lowest BCUT2D eigenvalue weighted by molar-refractivity contribution is 0.583. The van der Waals surface area contributed by atoms with Gasteiger partial charge in [-0.1, -0.05) is 34.8 Å². The highest BCUT2D eigenvalue weighted by atomic mass is 35.5. The Hall–Kier alpha value is -1.57. The van der Waals surface area contributed by atoms with Gasteiger partial charge in [-0.3, -0.25) is 4.98 Å². The maximum Gasteiger partial charge on any atom is 0.242 e. The minimum absolute atomic E-state index is 0.0457. The van der Waals surface area contributed by atoms with Crippen LogP contribution in [-0.4, -0.2) is 26.5 Å². The highest BCUT2D eigenvalue weighted by molar-refractivity contribution is 7.89. The smallest absolute Gasteiger partial charge is 0.242 e. The number of anilines is 1. The summed E-state index contributed by atoms with van der Waals surface area (Å²) in [6.07, 6.45) is 1.66. The van der Waals surface area contributed by atoms with Gasteiger partial charge in [0.15, 0.2) is 0 Å². The molecule has 0 aliphatic carbocycles. The summed E-state index contributed by atoms with van der Waals surface area (Å²) in [7, 11) is -3.75. The zero-order chi connectivity index (χ0) is 18.7. The molecule has 0 bridgehead atoms. The molecule has 0 fully saturated rings. The fourth-order valence-corrected chi connectivity index (χ4v) is 4.38. The molecule has 0 saturated heterocycles. The fraction of sp³-hybridized carbons (Fsp3) is 0.118. The number of benzene rings is 2. The van der Waals surface area contributed by atoms with Crippen molar-refractivity contribution in [3.05, 3.63) is 63.7 Å². The second kappa shape index (κ2) is 7.98. The van der Waals surface area contributed by atoms with Crippen LogP contribution in [0.5, 0.6) is 0 Å². The molecule has 0 radical (unpaired) electrons. The molecule has 0 saturated carbocycles. The van der Waals surface area contributed by atoms with Crippen LogP contribution in [-0.2, 0) is 10.0 Å². The number of hydrogen-bond acceptors (Lipinski definition) is 4. The molecule has 136 valence electrons. The summed E-state index contributed by atoms with van der Waals surface area (Å²) >= 11 is 17.8. The second-order valence-corrected chi connectivity index (χ2v) is 8.43. The zero-order valence-electron chi connectivity index (χ0n) is 13.3. The average molecular weight is 431 g/mol. The average Bonchev–Trinajstić information content (AvgIpc) is 2.60. The number of halogens is 3. The predicted octanol–water partition coefficient (Wildman–Crippen LogP) is 4.59. The lowest BCUT2D eigenvalue weighted by atomic mass is 10.2. The van der Waals surface area contributed by atoms with Crippen LogP contribution >= 0.6 is 34.8 Å². The summed E-state index contributed by atoms with van der Waals surface area (Å²) in [5, 5.41) is 5.11. The third-order valence-electron chi connectivity index (χ3n) is 3.62. The Kier molecular flexibility index (Phi) is 5.89. The summed E-state index contributed by atoms with van der Waals surface area (Å²) < 4.78 is 27.2. The minimum Gasteiger partial charge on any atom is -0.383 e. The molecule has 0 atom stereocenters. The second-order valence-electron chi connectivity index (χ2n) is 5.42. The molecule has 0 aliphatic heterocycles. The van der Waals surface area contributed by atoms with Crippen LogP contribution in [0.3, 0.4) is 0 Å². The summed E-state index contributed by atoms with van der Waals surface area (Å²) in [5.41, 5.74) is 1.60. The Labute approximate surface area is 166 Å². The number of hydrogen-bond donors (Lipinski definition) is 2. The molecule has 0 aliphatic rings. The van der Waals surface area contributed by atoms with Gasteiger partial charge in [-0.05, 0) is 42.5 Å². The largest absolute Gasteiger partial charge is 0.383 e. The van der Waals surface area contributed by atoms with Crippen molar-refractivity contribution >= 4 is 61.4 Å². The van der Waals surface area contributed by atoms with E-state index >= 15 is 0 Å². The van der Waals surface area contributed by atoms with Gasteiger partial charge in [-0.25, -0.2) is 13.1 Å². The van der Waals surface area contributed by atoms with Crippen LogP contribution in [0.1, 0.15) is 0 Å². The number of nitrogens with one attached hydrogen (secondary N) is 2. The number of sulfonamides is 1. The van der Waals surface area contributed by atoms with Crippen LogP contribution in [0.2, 0.25) is 15.1 Å². The molecular weight excluding hydrogens is 417 g/mol. The van der Waals surface area contributed by atoms with Gasteiger partial charge >= 0.3 is 0 Å². The number of fused-ring (bicyclic) bond motifs is 1. The van der Waals surface area contributed by atoms with E-state index in [1.807, 2.05) is 12.1 Å². The van der Waals surface area contributed by atoms with Crippen LogP contribution < -0.4 is 10.0 Å². The third-order valence-corrected chi connectivity index (χ3v) is 6.03. The number of aromatic nitrogens is 1. The van der Waals surface area contributed by atoms with E-state index in [9.17, 15) is 8.42 Å². The van der Waals surface area contributed by atoms with Gasteiger partial charge in [0.1, 0.15) is 4.90 Å². The van der Waals surface area contributed by atoms with E-state index in [0.29, 0.717) is 16.6 Å². The molecule has 2 aromatic carbocycles. The number of rotatable bonds is 6. The molecule has 0 unspecified atom stereocenters. The van der Waals surface area contributed by atoms with E-state index in [1.54, 1.807) is 18.3 Å². The summed E-state index contributed by atoms with van der Waals surface area (Å²) in [6, 6.07) is 11.5. The molecule has 0 spiro atoms. The highest BCUT2D eigenvalue weighted by Gasteiger charge is 2.17. The first-order chi connectivity index (χ1) is 12.4. The molecule has 5 nitrogen and oxygen atoms in total. The van der Waals surface area contributed by atoms with Gasteiger partial charge in [0.2, 0.25) is 10.0 Å². The van der Waals surface area contributed by atoms with Crippen molar-refractivity contribution in [1.29, 1.82) is 0 Å². The van der Waals surface area contributed by atoms with E-state index in [1.165, 1.54) is 18.2 Å².